The summed E-state index contributed by atoms with van der Waals surface area (Å²) in [6, 6.07) is 11.8. The van der Waals surface area contributed by atoms with Crippen molar-refractivity contribution in [2.24, 2.45) is 0 Å². The Bertz CT molecular complexity index is 782. The van der Waals surface area contributed by atoms with E-state index in [-0.39, 0.29) is 5.91 Å². The van der Waals surface area contributed by atoms with E-state index in [9.17, 15) is 13.6 Å². The van der Waals surface area contributed by atoms with Gasteiger partial charge in [0.25, 0.3) is 0 Å². The molecule has 2 aromatic carbocycles. The van der Waals surface area contributed by atoms with Crippen molar-refractivity contribution < 1.29 is 18.3 Å². The first-order chi connectivity index (χ1) is 12.6. The maximum atomic E-state index is 13.9. The average Bonchev–Trinajstić information content (AvgIpc) is 2.82. The average molecular weight is 360 g/mol. The maximum Gasteiger partial charge on any atom is 0.224 e. The van der Waals surface area contributed by atoms with Crippen LogP contribution in [0.4, 0.5) is 8.78 Å². The number of carbonyl (C=O) groups excluding carboxylic acids is 1. The van der Waals surface area contributed by atoms with Gasteiger partial charge in [0.15, 0.2) is 11.6 Å². The van der Waals surface area contributed by atoms with Crippen LogP contribution in [-0.4, -0.2) is 42.5 Å². The minimum Gasteiger partial charge on any atom is -0.497 e. The fourth-order valence-corrected chi connectivity index (χ4v) is 3.14. The third kappa shape index (κ3) is 4.38. The zero-order valence-corrected chi connectivity index (χ0v) is 14.8. The molecule has 1 aliphatic heterocycles. The smallest absolute Gasteiger partial charge is 0.224 e. The molecule has 0 saturated carbocycles. The summed E-state index contributed by atoms with van der Waals surface area (Å²) in [5, 5.41) is 0. The number of amides is 1. The molecule has 138 valence electrons. The van der Waals surface area contributed by atoms with E-state index in [2.05, 4.69) is 0 Å². The number of carbonyl (C=O) groups is 1. The van der Waals surface area contributed by atoms with Crippen LogP contribution in [0.15, 0.2) is 42.5 Å². The lowest BCUT2D eigenvalue weighted by molar-refractivity contribution is -0.130. The van der Waals surface area contributed by atoms with Gasteiger partial charge >= 0.3 is 0 Å². The van der Waals surface area contributed by atoms with Crippen LogP contribution in [0.2, 0.25) is 0 Å². The minimum absolute atomic E-state index is 0.0648. The molecule has 0 aromatic heterocycles. The van der Waals surface area contributed by atoms with Crippen molar-refractivity contribution in [3.05, 3.63) is 65.2 Å². The van der Waals surface area contributed by atoms with Gasteiger partial charge < -0.3 is 9.64 Å². The largest absolute Gasteiger partial charge is 0.497 e. The molecular formula is C20H22F2N2O2. The topological polar surface area (TPSA) is 32.8 Å². The number of hydrogen-bond donors (Lipinski definition) is 0. The first-order valence-corrected chi connectivity index (χ1v) is 8.63. The Balaban J connectivity index is 1.64. The van der Waals surface area contributed by atoms with Crippen LogP contribution in [0, 0.1) is 11.6 Å². The third-order valence-electron chi connectivity index (χ3n) is 4.61. The second-order valence-electron chi connectivity index (χ2n) is 6.41. The Morgan fingerprint density at radius 2 is 1.85 bits per heavy atom. The Kier molecular flexibility index (Phi) is 5.83. The van der Waals surface area contributed by atoms with Gasteiger partial charge in [-0.2, -0.15) is 0 Å². The van der Waals surface area contributed by atoms with Crippen molar-refractivity contribution in [3.63, 3.8) is 0 Å². The van der Waals surface area contributed by atoms with Crippen LogP contribution in [-0.2, 0) is 17.9 Å². The van der Waals surface area contributed by atoms with Crippen LogP contribution < -0.4 is 4.74 Å². The van der Waals surface area contributed by atoms with Gasteiger partial charge in [0.2, 0.25) is 5.91 Å². The number of halogens is 2. The summed E-state index contributed by atoms with van der Waals surface area (Å²) >= 11 is 0. The number of nitrogens with zero attached hydrogens (tertiary/aromatic N) is 2. The van der Waals surface area contributed by atoms with Gasteiger partial charge in [-0.15, -0.1) is 0 Å². The highest BCUT2D eigenvalue weighted by Gasteiger charge is 2.22. The number of benzene rings is 2. The number of rotatable bonds is 5. The monoisotopic (exact) mass is 360 g/mol. The molecular weight excluding hydrogens is 338 g/mol. The fourth-order valence-electron chi connectivity index (χ4n) is 3.14. The second kappa shape index (κ2) is 8.27. The van der Waals surface area contributed by atoms with Crippen LogP contribution in [0.5, 0.6) is 5.75 Å². The first kappa shape index (κ1) is 18.3. The molecule has 0 bridgehead atoms. The van der Waals surface area contributed by atoms with Crippen molar-refractivity contribution in [2.75, 3.05) is 26.7 Å². The maximum absolute atomic E-state index is 13.9. The van der Waals surface area contributed by atoms with Crippen LogP contribution >= 0.6 is 0 Å². The molecule has 1 aliphatic rings. The lowest BCUT2D eigenvalue weighted by atomic mass is 10.2. The number of ether oxygens (including phenoxy) is 1. The van der Waals surface area contributed by atoms with E-state index < -0.39 is 11.6 Å². The predicted octanol–water partition coefficient (Wildman–Crippen LogP) is 3.21. The molecule has 26 heavy (non-hydrogen) atoms. The molecule has 0 N–H and O–H groups in total. The molecule has 1 fully saturated rings. The fraction of sp³-hybridized carbons (Fsp3) is 0.350. The Labute approximate surface area is 152 Å². The van der Waals surface area contributed by atoms with Crippen molar-refractivity contribution in [1.29, 1.82) is 0 Å². The van der Waals surface area contributed by atoms with Gasteiger partial charge in [-0.25, -0.2) is 8.78 Å². The van der Waals surface area contributed by atoms with Crippen molar-refractivity contribution in [1.82, 2.24) is 9.80 Å². The summed E-state index contributed by atoms with van der Waals surface area (Å²) in [4.78, 5) is 16.2. The molecule has 0 atom stereocenters. The predicted molar refractivity (Wildman–Crippen MR) is 94.7 cm³/mol. The van der Waals surface area contributed by atoms with Crippen LogP contribution in [0.3, 0.4) is 0 Å². The lowest BCUT2D eigenvalue weighted by Crippen LogP contribution is -2.32. The van der Waals surface area contributed by atoms with E-state index in [4.69, 9.17) is 4.74 Å². The summed E-state index contributed by atoms with van der Waals surface area (Å²) in [7, 11) is 1.61. The third-order valence-corrected chi connectivity index (χ3v) is 4.61. The van der Waals surface area contributed by atoms with Crippen molar-refractivity contribution >= 4 is 5.91 Å². The Hall–Kier alpha value is -2.47. The first-order valence-electron chi connectivity index (χ1n) is 8.63. The molecule has 0 radical (unpaired) electrons. The Morgan fingerprint density at radius 1 is 1.04 bits per heavy atom. The molecule has 2 aromatic rings. The van der Waals surface area contributed by atoms with Crippen molar-refractivity contribution in [3.8, 4) is 5.75 Å². The summed E-state index contributed by atoms with van der Waals surface area (Å²) in [5.74, 6) is -0.827. The summed E-state index contributed by atoms with van der Waals surface area (Å²) in [6.07, 6.45) is 0.362. The molecule has 0 unspecified atom stereocenters. The van der Waals surface area contributed by atoms with Gasteiger partial charge in [-0.05, 0) is 23.8 Å². The van der Waals surface area contributed by atoms with E-state index in [0.717, 1.165) is 17.4 Å². The van der Waals surface area contributed by atoms with Gasteiger partial charge in [0.05, 0.1) is 7.11 Å². The highest BCUT2D eigenvalue weighted by molar-refractivity contribution is 5.76. The standard InChI is InChI=1S/C20H22F2N2O2/c1-26-17-6-2-4-15(12-17)13-24-11-10-23(9-8-19(24)25)14-16-5-3-7-18(21)20(16)22/h2-7,12H,8-11,13-14H2,1H3. The molecule has 3 rings (SSSR count). The molecule has 1 saturated heterocycles. The van der Waals surface area contributed by atoms with Gasteiger partial charge in [0.1, 0.15) is 5.75 Å². The second-order valence-corrected chi connectivity index (χ2v) is 6.41. The highest BCUT2D eigenvalue weighted by atomic mass is 19.2. The van der Waals surface area contributed by atoms with Crippen molar-refractivity contribution in [2.45, 2.75) is 19.5 Å². The summed E-state index contributed by atoms with van der Waals surface area (Å²) in [5.41, 5.74) is 1.32. The van der Waals surface area contributed by atoms with E-state index in [0.29, 0.717) is 44.7 Å². The van der Waals surface area contributed by atoms with E-state index in [1.165, 1.54) is 6.07 Å². The number of hydrogen-bond acceptors (Lipinski definition) is 3. The molecule has 4 nitrogen and oxygen atoms in total. The van der Waals surface area contributed by atoms with Crippen LogP contribution in [0.1, 0.15) is 17.5 Å². The summed E-state index contributed by atoms with van der Waals surface area (Å²) < 4.78 is 32.5. The Morgan fingerprint density at radius 3 is 2.65 bits per heavy atom. The highest BCUT2D eigenvalue weighted by Crippen LogP contribution is 2.18. The zero-order valence-electron chi connectivity index (χ0n) is 14.8. The van der Waals surface area contributed by atoms with E-state index in [1.807, 2.05) is 29.2 Å². The molecule has 0 spiro atoms. The van der Waals surface area contributed by atoms with Gasteiger partial charge in [-0.1, -0.05) is 24.3 Å². The van der Waals surface area contributed by atoms with E-state index in [1.54, 1.807) is 18.1 Å². The van der Waals surface area contributed by atoms with Gasteiger partial charge in [-0.3, -0.25) is 9.69 Å². The quantitative estimate of drug-likeness (QED) is 0.821. The molecule has 1 amide bonds. The normalized spacial score (nSPS) is 15.8. The SMILES string of the molecule is COc1cccc(CN2CCN(Cc3cccc(F)c3F)CCC2=O)c1. The van der Waals surface area contributed by atoms with Crippen LogP contribution in [0.25, 0.3) is 0 Å². The minimum atomic E-state index is -0.840. The lowest BCUT2D eigenvalue weighted by Gasteiger charge is -2.22. The molecule has 6 heteroatoms. The summed E-state index contributed by atoms with van der Waals surface area (Å²) in [6.45, 7) is 2.50. The number of methoxy groups -OCH3 is 1. The molecule has 0 aliphatic carbocycles. The van der Waals surface area contributed by atoms with E-state index >= 15 is 0 Å². The van der Waals surface area contributed by atoms with Gasteiger partial charge in [0, 0.05) is 44.7 Å². The molecule has 1 heterocycles. The zero-order chi connectivity index (χ0) is 18.5.